The number of carbonyl (C=O) groups excluding carboxylic acids is 1. The Kier molecular flexibility index (Phi) is 5.26. The largest absolute Gasteiger partial charge is 0.313 e. The number of likely N-dealkylation sites (N-methyl/N-ethyl adjacent to an activating group) is 1. The fourth-order valence-electron chi connectivity index (χ4n) is 2.45. The number of nitriles is 1. The maximum atomic E-state index is 13.0. The normalized spacial score (nSPS) is 19.0. The van der Waals surface area contributed by atoms with E-state index in [0.717, 1.165) is 6.54 Å². The van der Waals surface area contributed by atoms with E-state index in [9.17, 15) is 9.18 Å². The van der Waals surface area contributed by atoms with Crippen molar-refractivity contribution in [3.05, 3.63) is 30.1 Å². The third-order valence-electron chi connectivity index (χ3n) is 3.60. The van der Waals surface area contributed by atoms with Gasteiger partial charge in [0.05, 0.1) is 12.6 Å². The van der Waals surface area contributed by atoms with Crippen molar-refractivity contribution in [1.82, 2.24) is 10.2 Å². The number of anilines is 1. The van der Waals surface area contributed by atoms with Crippen LogP contribution >= 0.6 is 0 Å². The van der Waals surface area contributed by atoms with E-state index in [1.54, 1.807) is 17.0 Å². The number of benzene rings is 1. The van der Waals surface area contributed by atoms with Crippen LogP contribution in [0.5, 0.6) is 0 Å². The Morgan fingerprint density at radius 1 is 1.52 bits per heavy atom. The fraction of sp³-hybridized carbons (Fsp3) is 0.467. The SMILES string of the molecule is CCN(C(=O)CN1CCNCC1C#N)c1ccc(F)cc1. The number of nitrogens with one attached hydrogen (secondary N) is 1. The van der Waals surface area contributed by atoms with Crippen LogP contribution < -0.4 is 10.2 Å². The van der Waals surface area contributed by atoms with E-state index >= 15 is 0 Å². The molecule has 1 aromatic rings. The van der Waals surface area contributed by atoms with Crippen LogP contribution in [-0.4, -0.2) is 49.6 Å². The minimum Gasteiger partial charge on any atom is -0.313 e. The predicted octanol–water partition coefficient (Wildman–Crippen LogP) is 0.976. The molecule has 1 amide bonds. The van der Waals surface area contributed by atoms with Crippen molar-refractivity contribution in [2.45, 2.75) is 13.0 Å². The van der Waals surface area contributed by atoms with Crippen LogP contribution in [0, 0.1) is 17.1 Å². The maximum Gasteiger partial charge on any atom is 0.241 e. The highest BCUT2D eigenvalue weighted by atomic mass is 19.1. The topological polar surface area (TPSA) is 59.4 Å². The first kappa shape index (κ1) is 15.4. The molecule has 5 nitrogen and oxygen atoms in total. The minimum atomic E-state index is -0.325. The summed E-state index contributed by atoms with van der Waals surface area (Å²) in [6.07, 6.45) is 0. The van der Waals surface area contributed by atoms with Gasteiger partial charge in [-0.2, -0.15) is 5.26 Å². The summed E-state index contributed by atoms with van der Waals surface area (Å²) in [6, 6.07) is 7.79. The number of carbonyl (C=O) groups is 1. The second-order valence-corrected chi connectivity index (χ2v) is 4.93. The molecule has 1 atom stereocenters. The van der Waals surface area contributed by atoms with Gasteiger partial charge in [0.2, 0.25) is 5.91 Å². The third-order valence-corrected chi connectivity index (χ3v) is 3.60. The third kappa shape index (κ3) is 3.78. The summed E-state index contributed by atoms with van der Waals surface area (Å²) in [5.41, 5.74) is 0.674. The Morgan fingerprint density at radius 2 is 2.24 bits per heavy atom. The molecule has 1 aliphatic heterocycles. The lowest BCUT2D eigenvalue weighted by Crippen LogP contribution is -2.54. The first-order valence-corrected chi connectivity index (χ1v) is 7.06. The Morgan fingerprint density at radius 3 is 2.86 bits per heavy atom. The predicted molar refractivity (Wildman–Crippen MR) is 78.3 cm³/mol. The minimum absolute atomic E-state index is 0.0775. The van der Waals surface area contributed by atoms with Gasteiger partial charge in [-0.05, 0) is 31.2 Å². The van der Waals surface area contributed by atoms with Crippen LogP contribution in [0.2, 0.25) is 0 Å². The molecule has 1 aromatic carbocycles. The summed E-state index contributed by atoms with van der Waals surface area (Å²) < 4.78 is 13.0. The van der Waals surface area contributed by atoms with Gasteiger partial charge in [-0.1, -0.05) is 0 Å². The Bertz CT molecular complexity index is 525. The number of halogens is 1. The van der Waals surface area contributed by atoms with Crippen LogP contribution in [0.1, 0.15) is 6.92 Å². The smallest absolute Gasteiger partial charge is 0.241 e. The molecule has 0 aromatic heterocycles. The number of rotatable bonds is 4. The summed E-state index contributed by atoms with van der Waals surface area (Å²) in [5, 5.41) is 12.3. The van der Waals surface area contributed by atoms with Crippen LogP contribution in [0.4, 0.5) is 10.1 Å². The number of nitrogens with zero attached hydrogens (tertiary/aromatic N) is 3. The molecule has 0 radical (unpaired) electrons. The van der Waals surface area contributed by atoms with Gasteiger partial charge >= 0.3 is 0 Å². The molecule has 1 heterocycles. The van der Waals surface area contributed by atoms with Gasteiger partial charge in [-0.15, -0.1) is 0 Å². The average molecular weight is 290 g/mol. The number of piperazine rings is 1. The molecular weight excluding hydrogens is 271 g/mol. The van der Waals surface area contributed by atoms with E-state index in [2.05, 4.69) is 11.4 Å². The highest BCUT2D eigenvalue weighted by Gasteiger charge is 2.25. The van der Waals surface area contributed by atoms with Crippen molar-refractivity contribution < 1.29 is 9.18 Å². The summed E-state index contributed by atoms with van der Waals surface area (Å²) >= 11 is 0. The molecule has 0 saturated carbocycles. The van der Waals surface area contributed by atoms with Gasteiger partial charge in [0.25, 0.3) is 0 Å². The summed E-state index contributed by atoms with van der Waals surface area (Å²) in [6.45, 7) is 4.60. The molecule has 0 bridgehead atoms. The molecule has 1 unspecified atom stereocenters. The molecule has 6 heteroatoms. The molecule has 1 fully saturated rings. The lowest BCUT2D eigenvalue weighted by molar-refractivity contribution is -0.120. The molecule has 112 valence electrons. The monoisotopic (exact) mass is 290 g/mol. The van der Waals surface area contributed by atoms with Gasteiger partial charge in [0.1, 0.15) is 11.9 Å². The summed E-state index contributed by atoms with van der Waals surface area (Å²) in [7, 11) is 0. The van der Waals surface area contributed by atoms with Gasteiger partial charge < -0.3 is 10.2 Å². The molecule has 1 saturated heterocycles. The van der Waals surface area contributed by atoms with Gasteiger partial charge in [0.15, 0.2) is 0 Å². The molecule has 1 aliphatic rings. The Labute approximate surface area is 123 Å². The zero-order chi connectivity index (χ0) is 15.2. The Balaban J connectivity index is 2.06. The Hall–Kier alpha value is -1.97. The lowest BCUT2D eigenvalue weighted by Gasteiger charge is -2.33. The number of hydrogen-bond donors (Lipinski definition) is 1. The molecule has 0 spiro atoms. The summed E-state index contributed by atoms with van der Waals surface area (Å²) in [5.74, 6) is -0.403. The lowest BCUT2D eigenvalue weighted by atomic mass is 10.2. The van der Waals surface area contributed by atoms with Crippen molar-refractivity contribution in [3.8, 4) is 6.07 Å². The molecular formula is C15H19FN4O. The van der Waals surface area contributed by atoms with Crippen molar-refractivity contribution in [2.75, 3.05) is 37.6 Å². The first-order chi connectivity index (χ1) is 10.2. The van der Waals surface area contributed by atoms with Crippen molar-refractivity contribution in [2.24, 2.45) is 0 Å². The molecule has 2 rings (SSSR count). The van der Waals surface area contributed by atoms with Crippen LogP contribution in [0.3, 0.4) is 0 Å². The van der Waals surface area contributed by atoms with E-state index in [4.69, 9.17) is 5.26 Å². The maximum absolute atomic E-state index is 13.0. The highest BCUT2D eigenvalue weighted by molar-refractivity contribution is 5.94. The van der Waals surface area contributed by atoms with Crippen LogP contribution in [-0.2, 0) is 4.79 Å². The zero-order valence-corrected chi connectivity index (χ0v) is 12.1. The fourth-order valence-corrected chi connectivity index (χ4v) is 2.45. The van der Waals surface area contributed by atoms with Crippen molar-refractivity contribution >= 4 is 11.6 Å². The first-order valence-electron chi connectivity index (χ1n) is 7.06. The van der Waals surface area contributed by atoms with Crippen LogP contribution in [0.15, 0.2) is 24.3 Å². The summed E-state index contributed by atoms with van der Waals surface area (Å²) in [4.78, 5) is 15.9. The van der Waals surface area contributed by atoms with E-state index in [0.29, 0.717) is 25.3 Å². The average Bonchev–Trinajstić information content (AvgIpc) is 2.50. The number of hydrogen-bond acceptors (Lipinski definition) is 4. The molecule has 1 N–H and O–H groups in total. The second kappa shape index (κ2) is 7.16. The standard InChI is InChI=1S/C15H19FN4O/c1-2-20(13-5-3-12(16)4-6-13)15(21)11-19-8-7-18-10-14(19)9-17/h3-6,14,18H,2,7-8,10-11H2,1H3. The van der Waals surface area contributed by atoms with Crippen LogP contribution in [0.25, 0.3) is 0 Å². The zero-order valence-electron chi connectivity index (χ0n) is 12.1. The molecule has 21 heavy (non-hydrogen) atoms. The quantitative estimate of drug-likeness (QED) is 0.898. The van der Waals surface area contributed by atoms with Crippen molar-refractivity contribution in [3.63, 3.8) is 0 Å². The second-order valence-electron chi connectivity index (χ2n) is 4.93. The van der Waals surface area contributed by atoms with E-state index < -0.39 is 0 Å². The highest BCUT2D eigenvalue weighted by Crippen LogP contribution is 2.15. The van der Waals surface area contributed by atoms with Gasteiger partial charge in [-0.25, -0.2) is 4.39 Å². The molecule has 0 aliphatic carbocycles. The van der Waals surface area contributed by atoms with Gasteiger partial charge in [-0.3, -0.25) is 9.69 Å². The van der Waals surface area contributed by atoms with E-state index in [-0.39, 0.29) is 24.3 Å². The van der Waals surface area contributed by atoms with Gasteiger partial charge in [0, 0.05) is 31.9 Å². The number of amides is 1. The van der Waals surface area contributed by atoms with E-state index in [1.807, 2.05) is 11.8 Å². The van der Waals surface area contributed by atoms with E-state index in [1.165, 1.54) is 12.1 Å². The van der Waals surface area contributed by atoms with Crippen molar-refractivity contribution in [1.29, 1.82) is 5.26 Å².